The fraction of sp³-hybridized carbons (Fsp3) is 0.500. The third kappa shape index (κ3) is 5.40. The van der Waals surface area contributed by atoms with Gasteiger partial charge in [0.05, 0.1) is 5.75 Å². The van der Waals surface area contributed by atoms with E-state index in [-0.39, 0.29) is 18.4 Å². The molecule has 2 amide bonds. The zero-order valence-corrected chi connectivity index (χ0v) is 18.9. The van der Waals surface area contributed by atoms with E-state index in [4.69, 9.17) is 9.47 Å². The molecule has 11 heteroatoms. The summed E-state index contributed by atoms with van der Waals surface area (Å²) in [5.41, 5.74) is 0. The van der Waals surface area contributed by atoms with Gasteiger partial charge in [0.25, 0.3) is 5.91 Å². The number of aromatic nitrogens is 2. The van der Waals surface area contributed by atoms with Crippen molar-refractivity contribution in [3.63, 3.8) is 0 Å². The second-order valence-electron chi connectivity index (χ2n) is 7.16. The topological polar surface area (TPSA) is 96.9 Å². The Morgan fingerprint density at radius 1 is 1.16 bits per heavy atom. The zero-order chi connectivity index (χ0) is 21.6. The first-order valence-electron chi connectivity index (χ1n) is 10.3. The lowest BCUT2D eigenvalue weighted by atomic mass is 10.2. The van der Waals surface area contributed by atoms with E-state index < -0.39 is 6.10 Å². The van der Waals surface area contributed by atoms with Crippen LogP contribution in [0.3, 0.4) is 0 Å². The van der Waals surface area contributed by atoms with Crippen molar-refractivity contribution in [3.05, 3.63) is 24.3 Å². The van der Waals surface area contributed by atoms with Gasteiger partial charge in [0.15, 0.2) is 15.8 Å². The number of para-hydroxylation sites is 2. The molecule has 9 nitrogen and oxygen atoms in total. The SMILES string of the molecule is CCCNc1nnc(SCC(=O)N2CCN(C(=O)[C@H]3COc4ccccc4O3)CC2)s1. The molecular weight excluding hydrogens is 438 g/mol. The van der Waals surface area contributed by atoms with E-state index in [1.807, 2.05) is 18.2 Å². The van der Waals surface area contributed by atoms with Crippen molar-refractivity contribution < 1.29 is 19.1 Å². The van der Waals surface area contributed by atoms with Gasteiger partial charge in [-0.3, -0.25) is 9.59 Å². The van der Waals surface area contributed by atoms with Gasteiger partial charge in [0, 0.05) is 32.7 Å². The van der Waals surface area contributed by atoms with E-state index in [9.17, 15) is 9.59 Å². The number of benzene rings is 1. The summed E-state index contributed by atoms with van der Waals surface area (Å²) in [6.07, 6.45) is 0.364. The van der Waals surface area contributed by atoms with Crippen molar-refractivity contribution in [1.29, 1.82) is 0 Å². The van der Waals surface area contributed by atoms with E-state index in [1.54, 1.807) is 15.9 Å². The molecule has 0 radical (unpaired) electrons. The van der Waals surface area contributed by atoms with Crippen molar-refractivity contribution in [2.75, 3.05) is 50.4 Å². The quantitative estimate of drug-likeness (QED) is 0.623. The Morgan fingerprint density at radius 3 is 2.68 bits per heavy atom. The highest BCUT2D eigenvalue weighted by Crippen LogP contribution is 2.31. The van der Waals surface area contributed by atoms with E-state index in [0.29, 0.717) is 43.4 Å². The van der Waals surface area contributed by atoms with Crippen molar-refractivity contribution in [3.8, 4) is 11.5 Å². The van der Waals surface area contributed by atoms with Crippen LogP contribution in [0.1, 0.15) is 13.3 Å². The molecule has 1 aromatic heterocycles. The average Bonchev–Trinajstić information content (AvgIpc) is 3.28. The number of fused-ring (bicyclic) bond motifs is 1. The molecule has 1 saturated heterocycles. The number of hydrogen-bond acceptors (Lipinski definition) is 9. The minimum Gasteiger partial charge on any atom is -0.485 e. The van der Waals surface area contributed by atoms with Gasteiger partial charge in [0.2, 0.25) is 17.1 Å². The lowest BCUT2D eigenvalue weighted by molar-refractivity contribution is -0.145. The van der Waals surface area contributed by atoms with Crippen molar-refractivity contribution in [1.82, 2.24) is 20.0 Å². The van der Waals surface area contributed by atoms with Crippen LogP contribution in [-0.4, -0.2) is 83.0 Å². The molecule has 2 aromatic rings. The summed E-state index contributed by atoms with van der Waals surface area (Å²) in [6, 6.07) is 7.33. The highest BCUT2D eigenvalue weighted by Gasteiger charge is 2.33. The second kappa shape index (κ2) is 10.2. The molecule has 0 saturated carbocycles. The third-order valence-corrected chi connectivity index (χ3v) is 6.98. The fourth-order valence-corrected chi connectivity index (χ4v) is 4.99. The molecule has 0 unspecified atom stereocenters. The zero-order valence-electron chi connectivity index (χ0n) is 17.3. The van der Waals surface area contributed by atoms with Crippen LogP contribution >= 0.6 is 23.1 Å². The van der Waals surface area contributed by atoms with Crippen LogP contribution < -0.4 is 14.8 Å². The molecule has 4 rings (SSSR count). The van der Waals surface area contributed by atoms with Crippen LogP contribution in [0.2, 0.25) is 0 Å². The summed E-state index contributed by atoms with van der Waals surface area (Å²) >= 11 is 2.85. The number of hydrogen-bond donors (Lipinski definition) is 1. The Morgan fingerprint density at radius 2 is 1.90 bits per heavy atom. The lowest BCUT2D eigenvalue weighted by Crippen LogP contribution is -2.55. The van der Waals surface area contributed by atoms with Gasteiger partial charge in [-0.2, -0.15) is 0 Å². The number of piperazine rings is 1. The number of thioether (sulfide) groups is 1. The number of carbonyl (C=O) groups excluding carboxylic acids is 2. The number of carbonyl (C=O) groups is 2. The Hall–Kier alpha value is -2.53. The van der Waals surface area contributed by atoms with Crippen LogP contribution in [0.25, 0.3) is 0 Å². The Kier molecular flexibility index (Phi) is 7.13. The summed E-state index contributed by atoms with van der Waals surface area (Å²) in [5, 5.41) is 12.2. The van der Waals surface area contributed by atoms with Gasteiger partial charge >= 0.3 is 0 Å². The van der Waals surface area contributed by atoms with E-state index in [0.717, 1.165) is 22.4 Å². The Balaban J connectivity index is 1.21. The first-order valence-corrected chi connectivity index (χ1v) is 12.1. The molecule has 0 aliphatic carbocycles. The van der Waals surface area contributed by atoms with Crippen molar-refractivity contribution >= 4 is 40.0 Å². The van der Waals surface area contributed by atoms with Crippen LogP contribution in [0.15, 0.2) is 28.6 Å². The molecule has 2 aliphatic rings. The molecular formula is C20H25N5O4S2. The van der Waals surface area contributed by atoms with Crippen LogP contribution in [0, 0.1) is 0 Å². The predicted octanol–water partition coefficient (Wildman–Crippen LogP) is 1.96. The maximum Gasteiger partial charge on any atom is 0.267 e. The average molecular weight is 464 g/mol. The minimum absolute atomic E-state index is 0.0431. The number of amides is 2. The maximum absolute atomic E-state index is 12.8. The summed E-state index contributed by atoms with van der Waals surface area (Å²) < 4.78 is 12.2. The molecule has 1 fully saturated rings. The summed E-state index contributed by atoms with van der Waals surface area (Å²) in [5.74, 6) is 1.50. The Labute approximate surface area is 189 Å². The van der Waals surface area contributed by atoms with Crippen LogP contribution in [-0.2, 0) is 9.59 Å². The van der Waals surface area contributed by atoms with Gasteiger partial charge in [-0.1, -0.05) is 42.2 Å². The van der Waals surface area contributed by atoms with Gasteiger partial charge in [0.1, 0.15) is 6.61 Å². The van der Waals surface area contributed by atoms with E-state index in [1.165, 1.54) is 23.1 Å². The highest BCUT2D eigenvalue weighted by atomic mass is 32.2. The van der Waals surface area contributed by atoms with Crippen LogP contribution in [0.5, 0.6) is 11.5 Å². The van der Waals surface area contributed by atoms with Gasteiger partial charge in [-0.25, -0.2) is 0 Å². The van der Waals surface area contributed by atoms with Gasteiger partial charge in [-0.05, 0) is 18.6 Å². The first-order chi connectivity index (χ1) is 15.1. The van der Waals surface area contributed by atoms with E-state index in [2.05, 4.69) is 22.4 Å². The molecule has 1 atom stereocenters. The number of ether oxygens (including phenoxy) is 2. The Bertz CT molecular complexity index is 916. The molecule has 1 N–H and O–H groups in total. The standard InChI is InChI=1S/C20H25N5O4S2/c1-2-7-21-19-22-23-20(31-19)30-13-17(26)24-8-10-25(11-9-24)18(27)16-12-28-14-5-3-4-6-15(14)29-16/h3-6,16H,2,7-13H2,1H3,(H,21,22)/t16-/m1/s1. The summed E-state index contributed by atoms with van der Waals surface area (Å²) in [6.45, 7) is 5.13. The largest absolute Gasteiger partial charge is 0.485 e. The maximum atomic E-state index is 12.8. The number of nitrogens with zero attached hydrogens (tertiary/aromatic N) is 4. The third-order valence-electron chi connectivity index (χ3n) is 4.98. The van der Waals surface area contributed by atoms with Crippen molar-refractivity contribution in [2.45, 2.75) is 23.8 Å². The first kappa shape index (κ1) is 21.7. The molecule has 2 aliphatic heterocycles. The van der Waals surface area contributed by atoms with Gasteiger partial charge < -0.3 is 24.6 Å². The molecule has 166 valence electrons. The second-order valence-corrected chi connectivity index (χ2v) is 9.36. The normalized spacial score (nSPS) is 18.0. The number of rotatable bonds is 7. The molecule has 0 spiro atoms. The molecule has 31 heavy (non-hydrogen) atoms. The number of anilines is 1. The smallest absolute Gasteiger partial charge is 0.267 e. The van der Waals surface area contributed by atoms with Gasteiger partial charge in [-0.15, -0.1) is 10.2 Å². The fourth-order valence-electron chi connectivity index (χ4n) is 3.31. The van der Waals surface area contributed by atoms with Crippen LogP contribution in [0.4, 0.5) is 5.13 Å². The van der Waals surface area contributed by atoms with Crippen molar-refractivity contribution in [2.24, 2.45) is 0 Å². The lowest BCUT2D eigenvalue weighted by Gasteiger charge is -2.37. The minimum atomic E-state index is -0.652. The van der Waals surface area contributed by atoms with E-state index >= 15 is 0 Å². The summed E-state index contributed by atoms with van der Waals surface area (Å²) in [7, 11) is 0. The number of nitrogens with one attached hydrogen (secondary N) is 1. The molecule has 0 bridgehead atoms. The summed E-state index contributed by atoms with van der Waals surface area (Å²) in [4.78, 5) is 28.9. The predicted molar refractivity (Wildman–Crippen MR) is 119 cm³/mol. The highest BCUT2D eigenvalue weighted by molar-refractivity contribution is 8.01. The molecule has 3 heterocycles. The molecule has 1 aromatic carbocycles. The monoisotopic (exact) mass is 463 g/mol.